The van der Waals surface area contributed by atoms with Gasteiger partial charge in [0.05, 0.1) is 0 Å². The molecule has 1 aromatic carbocycles. The first-order chi connectivity index (χ1) is 12.2. The Bertz CT molecular complexity index is 618. The number of nitrogens with zero attached hydrogens (tertiary/aromatic N) is 1. The molecule has 0 saturated carbocycles. The van der Waals surface area contributed by atoms with Crippen molar-refractivity contribution >= 4 is 0 Å². The summed E-state index contributed by atoms with van der Waals surface area (Å²) in [6, 6.07) is 8.68. The van der Waals surface area contributed by atoms with Crippen LogP contribution in [-0.2, 0) is 17.8 Å². The summed E-state index contributed by atoms with van der Waals surface area (Å²) >= 11 is 0. The number of ether oxygens (including phenoxy) is 1. The molecule has 2 aliphatic rings. The van der Waals surface area contributed by atoms with Gasteiger partial charge in [-0.3, -0.25) is 0 Å². The van der Waals surface area contributed by atoms with E-state index in [1.54, 1.807) is 0 Å². The lowest BCUT2D eigenvalue weighted by molar-refractivity contribution is 0.0806. The van der Waals surface area contributed by atoms with E-state index in [0.29, 0.717) is 6.61 Å². The minimum Gasteiger partial charge on any atom is -0.475 e. The van der Waals surface area contributed by atoms with Crippen LogP contribution in [0.25, 0.3) is 0 Å². The average molecular weight is 338 g/mol. The molecule has 2 heteroatoms. The lowest BCUT2D eigenvalue weighted by Crippen LogP contribution is -2.33. The molecule has 0 amide bonds. The Morgan fingerprint density at radius 3 is 2.48 bits per heavy atom. The molecule has 1 saturated heterocycles. The van der Waals surface area contributed by atoms with Crippen LogP contribution in [0.2, 0.25) is 0 Å². The molecule has 2 nitrogen and oxygen atoms in total. The first-order valence-corrected chi connectivity index (χ1v) is 9.74. The van der Waals surface area contributed by atoms with Gasteiger partial charge >= 0.3 is 0 Å². The molecule has 1 fully saturated rings. The smallest absolute Gasteiger partial charge is 0.182 e. The zero-order valence-electron chi connectivity index (χ0n) is 15.5. The van der Waals surface area contributed by atoms with Crippen LogP contribution in [0.5, 0.6) is 0 Å². The van der Waals surface area contributed by atoms with Crippen molar-refractivity contribution in [3.05, 3.63) is 71.7 Å². The molecule has 1 heterocycles. The summed E-state index contributed by atoms with van der Waals surface area (Å²) in [6.45, 7) is 9.07. The predicted octanol–water partition coefficient (Wildman–Crippen LogP) is 5.62. The molecular formula is C23H31NO. The second-order valence-corrected chi connectivity index (χ2v) is 7.25. The largest absolute Gasteiger partial charge is 0.475 e. The van der Waals surface area contributed by atoms with E-state index in [0.717, 1.165) is 31.3 Å². The standard InChI is InChI=1S/C23H31NO/c1-3-20-9-11-23(12-10-20)18-25-19(2)24-15-13-22(14-16-24)17-21-7-5-4-6-8-21/h5,7-12,22H,2-4,6,13-18H2,1H3. The normalized spacial score (nSPS) is 18.1. The Kier molecular flexibility index (Phi) is 6.38. The van der Waals surface area contributed by atoms with Gasteiger partial charge in [0.25, 0.3) is 0 Å². The minimum absolute atomic E-state index is 0.612. The molecule has 1 aliphatic heterocycles. The van der Waals surface area contributed by atoms with Crippen molar-refractivity contribution in [1.29, 1.82) is 0 Å². The molecule has 0 radical (unpaired) electrons. The van der Waals surface area contributed by atoms with Crippen molar-refractivity contribution in [2.75, 3.05) is 13.1 Å². The second kappa shape index (κ2) is 8.94. The highest BCUT2D eigenvalue weighted by Crippen LogP contribution is 2.28. The third-order valence-electron chi connectivity index (χ3n) is 5.40. The molecule has 0 N–H and O–H groups in total. The van der Waals surface area contributed by atoms with E-state index in [4.69, 9.17) is 4.74 Å². The van der Waals surface area contributed by atoms with Crippen LogP contribution in [0.4, 0.5) is 0 Å². The molecule has 0 aromatic heterocycles. The van der Waals surface area contributed by atoms with Gasteiger partial charge < -0.3 is 9.64 Å². The molecule has 134 valence electrons. The van der Waals surface area contributed by atoms with E-state index in [1.807, 2.05) is 0 Å². The zero-order chi connectivity index (χ0) is 17.5. The van der Waals surface area contributed by atoms with Crippen LogP contribution in [0.15, 0.2) is 60.5 Å². The van der Waals surface area contributed by atoms with Gasteiger partial charge in [0.15, 0.2) is 5.88 Å². The lowest BCUT2D eigenvalue weighted by atomic mass is 9.88. The van der Waals surface area contributed by atoms with Crippen LogP contribution in [0, 0.1) is 5.92 Å². The van der Waals surface area contributed by atoms with E-state index >= 15 is 0 Å². The average Bonchev–Trinajstić information content (AvgIpc) is 2.68. The molecule has 0 spiro atoms. The fraction of sp³-hybridized carbons (Fsp3) is 0.478. The van der Waals surface area contributed by atoms with Gasteiger partial charge in [-0.25, -0.2) is 0 Å². The van der Waals surface area contributed by atoms with E-state index < -0.39 is 0 Å². The number of rotatable bonds is 7. The first-order valence-electron chi connectivity index (χ1n) is 9.74. The van der Waals surface area contributed by atoms with Gasteiger partial charge in [-0.05, 0) is 62.1 Å². The summed E-state index contributed by atoms with van der Waals surface area (Å²) in [4.78, 5) is 2.31. The highest BCUT2D eigenvalue weighted by molar-refractivity contribution is 5.23. The van der Waals surface area contributed by atoms with Gasteiger partial charge in [0.1, 0.15) is 6.61 Å². The fourth-order valence-corrected chi connectivity index (χ4v) is 3.67. The monoisotopic (exact) mass is 337 g/mol. The van der Waals surface area contributed by atoms with Gasteiger partial charge in [0.2, 0.25) is 0 Å². The van der Waals surface area contributed by atoms with Crippen LogP contribution < -0.4 is 0 Å². The number of aryl methyl sites for hydroxylation is 1. The molecule has 1 aromatic rings. The van der Waals surface area contributed by atoms with E-state index in [9.17, 15) is 0 Å². The molecule has 0 atom stereocenters. The summed E-state index contributed by atoms with van der Waals surface area (Å²) in [5.74, 6) is 1.63. The van der Waals surface area contributed by atoms with E-state index in [1.165, 1.54) is 48.8 Å². The summed E-state index contributed by atoms with van der Waals surface area (Å²) in [7, 11) is 0. The van der Waals surface area contributed by atoms with E-state index in [-0.39, 0.29) is 0 Å². The van der Waals surface area contributed by atoms with Crippen molar-refractivity contribution in [3.8, 4) is 0 Å². The van der Waals surface area contributed by atoms with Crippen LogP contribution in [0.3, 0.4) is 0 Å². The lowest BCUT2D eigenvalue weighted by Gasteiger charge is -2.34. The third kappa shape index (κ3) is 5.26. The van der Waals surface area contributed by atoms with Crippen LogP contribution >= 0.6 is 0 Å². The topological polar surface area (TPSA) is 12.5 Å². The van der Waals surface area contributed by atoms with Gasteiger partial charge in [-0.2, -0.15) is 0 Å². The zero-order valence-corrected chi connectivity index (χ0v) is 15.5. The van der Waals surface area contributed by atoms with Gasteiger partial charge in [0, 0.05) is 13.1 Å². The maximum atomic E-state index is 5.94. The van der Waals surface area contributed by atoms with Crippen molar-refractivity contribution in [1.82, 2.24) is 4.90 Å². The first kappa shape index (κ1) is 17.8. The van der Waals surface area contributed by atoms with Crippen molar-refractivity contribution < 1.29 is 4.74 Å². The number of piperidine rings is 1. The molecule has 3 rings (SSSR count). The second-order valence-electron chi connectivity index (χ2n) is 7.25. The Labute approximate surface area is 152 Å². The highest BCUT2D eigenvalue weighted by atomic mass is 16.5. The van der Waals surface area contributed by atoms with Crippen molar-refractivity contribution in [2.24, 2.45) is 5.92 Å². The van der Waals surface area contributed by atoms with Gasteiger partial charge in [-0.1, -0.05) is 55.0 Å². The SMILES string of the molecule is C=C(OCc1ccc(CC)cc1)N1CCC(CC2=CCCC=C2)CC1. The molecular weight excluding hydrogens is 306 g/mol. The summed E-state index contributed by atoms with van der Waals surface area (Å²) in [6.07, 6.45) is 14.3. The predicted molar refractivity (Wildman–Crippen MR) is 105 cm³/mol. The number of allylic oxidation sites excluding steroid dienone is 4. The number of hydrogen-bond donors (Lipinski definition) is 0. The Balaban J connectivity index is 1.40. The summed E-state index contributed by atoms with van der Waals surface area (Å²) in [5, 5.41) is 0. The Morgan fingerprint density at radius 1 is 1.12 bits per heavy atom. The van der Waals surface area contributed by atoms with Crippen molar-refractivity contribution in [3.63, 3.8) is 0 Å². The minimum atomic E-state index is 0.612. The Hall–Kier alpha value is -1.96. The van der Waals surface area contributed by atoms with Gasteiger partial charge in [-0.15, -0.1) is 0 Å². The highest BCUT2D eigenvalue weighted by Gasteiger charge is 2.21. The van der Waals surface area contributed by atoms with E-state index in [2.05, 4.69) is 60.9 Å². The maximum Gasteiger partial charge on any atom is 0.182 e. The maximum absolute atomic E-state index is 5.94. The Morgan fingerprint density at radius 2 is 1.84 bits per heavy atom. The van der Waals surface area contributed by atoms with Crippen LogP contribution in [-0.4, -0.2) is 18.0 Å². The number of hydrogen-bond acceptors (Lipinski definition) is 2. The molecule has 0 unspecified atom stereocenters. The summed E-state index contributed by atoms with van der Waals surface area (Å²) < 4.78 is 5.94. The number of benzene rings is 1. The van der Waals surface area contributed by atoms with Crippen LogP contribution in [0.1, 0.15) is 50.2 Å². The summed E-state index contributed by atoms with van der Waals surface area (Å²) in [5.41, 5.74) is 4.12. The number of likely N-dealkylation sites (tertiary alicyclic amines) is 1. The molecule has 1 aliphatic carbocycles. The third-order valence-corrected chi connectivity index (χ3v) is 5.40. The molecule has 0 bridgehead atoms. The quantitative estimate of drug-likeness (QED) is 0.599. The fourth-order valence-electron chi connectivity index (χ4n) is 3.67. The van der Waals surface area contributed by atoms with Crippen molar-refractivity contribution in [2.45, 2.75) is 52.1 Å². The molecule has 25 heavy (non-hydrogen) atoms.